The molecular formula is C23H24N2O3. The van der Waals surface area contributed by atoms with Crippen molar-refractivity contribution >= 4 is 23.6 Å². The fraction of sp³-hybridized carbons (Fsp3) is 0.304. The molecule has 0 aromatic heterocycles. The number of nitrogens with zero attached hydrogens (tertiary/aromatic N) is 1. The summed E-state index contributed by atoms with van der Waals surface area (Å²) in [6.45, 7) is 1.40. The topological polar surface area (TPSA) is 58.6 Å². The summed E-state index contributed by atoms with van der Waals surface area (Å²) in [5.41, 5.74) is 2.07. The lowest BCUT2D eigenvalue weighted by atomic mass is 9.97. The average molecular weight is 376 g/mol. The molecule has 2 amide bonds. The van der Waals surface area contributed by atoms with Crippen molar-refractivity contribution in [3.63, 3.8) is 0 Å². The highest BCUT2D eigenvalue weighted by molar-refractivity contribution is 6.04. The van der Waals surface area contributed by atoms with Gasteiger partial charge in [0.15, 0.2) is 0 Å². The number of anilines is 1. The van der Waals surface area contributed by atoms with E-state index < -0.39 is 0 Å². The van der Waals surface area contributed by atoms with Crippen molar-refractivity contribution in [1.29, 1.82) is 0 Å². The largest absolute Gasteiger partial charge is 0.493 e. The van der Waals surface area contributed by atoms with Crippen LogP contribution in [0.25, 0.3) is 6.08 Å². The second-order valence-electron chi connectivity index (χ2n) is 7.23. The molecule has 2 aliphatic heterocycles. The highest BCUT2D eigenvalue weighted by atomic mass is 16.5. The van der Waals surface area contributed by atoms with E-state index in [1.807, 2.05) is 35.2 Å². The summed E-state index contributed by atoms with van der Waals surface area (Å²) < 4.78 is 5.84. The SMILES string of the molecule is O=C(/C=C/c1ccccc1)Nc1ccc2c(c1)C(=O)N1CCCCC1CCO2. The summed E-state index contributed by atoms with van der Waals surface area (Å²) in [6, 6.07) is 15.2. The summed E-state index contributed by atoms with van der Waals surface area (Å²) >= 11 is 0. The number of benzene rings is 2. The Morgan fingerprint density at radius 2 is 1.96 bits per heavy atom. The molecule has 144 valence electrons. The molecule has 5 nitrogen and oxygen atoms in total. The van der Waals surface area contributed by atoms with Gasteiger partial charge in [0.05, 0.1) is 12.2 Å². The van der Waals surface area contributed by atoms with Gasteiger partial charge in [0.25, 0.3) is 5.91 Å². The van der Waals surface area contributed by atoms with E-state index in [1.165, 1.54) is 6.08 Å². The molecule has 2 aromatic rings. The Kier molecular flexibility index (Phi) is 5.42. The van der Waals surface area contributed by atoms with Crippen LogP contribution >= 0.6 is 0 Å². The summed E-state index contributed by atoms with van der Waals surface area (Å²) in [6.07, 6.45) is 7.35. The first kappa shape index (κ1) is 18.3. The molecule has 4 rings (SSSR count). The number of carbonyl (C=O) groups is 2. The number of ether oxygens (including phenoxy) is 1. The van der Waals surface area contributed by atoms with Gasteiger partial charge in [0, 0.05) is 30.8 Å². The van der Waals surface area contributed by atoms with Crippen molar-refractivity contribution < 1.29 is 14.3 Å². The normalized spacial score (nSPS) is 19.2. The molecule has 0 spiro atoms. The lowest BCUT2D eigenvalue weighted by molar-refractivity contribution is -0.111. The minimum atomic E-state index is -0.237. The van der Waals surface area contributed by atoms with Crippen LogP contribution in [0.15, 0.2) is 54.6 Å². The summed E-state index contributed by atoms with van der Waals surface area (Å²) in [7, 11) is 0. The quantitative estimate of drug-likeness (QED) is 0.820. The monoisotopic (exact) mass is 376 g/mol. The van der Waals surface area contributed by atoms with E-state index in [4.69, 9.17) is 4.74 Å². The number of hydrogen-bond acceptors (Lipinski definition) is 3. The summed E-state index contributed by atoms with van der Waals surface area (Å²) in [4.78, 5) is 27.3. The molecule has 2 aromatic carbocycles. The molecule has 0 bridgehead atoms. The fourth-order valence-corrected chi connectivity index (χ4v) is 3.85. The van der Waals surface area contributed by atoms with Crippen molar-refractivity contribution in [2.45, 2.75) is 31.7 Å². The highest BCUT2D eigenvalue weighted by Crippen LogP contribution is 2.30. The summed E-state index contributed by atoms with van der Waals surface area (Å²) in [5, 5.41) is 2.84. The standard InChI is InChI=1S/C23H24N2O3/c26-22(12-9-17-6-2-1-3-7-17)24-18-10-11-21-20(16-18)23(27)25-14-5-4-8-19(25)13-15-28-21/h1-3,6-7,9-12,16,19H,4-5,8,13-15H2,(H,24,26)/b12-9+. The van der Waals surface area contributed by atoms with Crippen LogP contribution in [0, 0.1) is 0 Å². The lowest BCUT2D eigenvalue weighted by Gasteiger charge is -2.37. The zero-order chi connectivity index (χ0) is 19.3. The molecule has 1 unspecified atom stereocenters. The third-order valence-corrected chi connectivity index (χ3v) is 5.30. The molecule has 0 saturated carbocycles. The Labute approximate surface area is 165 Å². The van der Waals surface area contributed by atoms with Crippen LogP contribution in [0.1, 0.15) is 41.6 Å². The first-order chi connectivity index (χ1) is 13.7. The van der Waals surface area contributed by atoms with E-state index in [9.17, 15) is 9.59 Å². The van der Waals surface area contributed by atoms with Crippen LogP contribution < -0.4 is 10.1 Å². The Hall–Kier alpha value is -3.08. The lowest BCUT2D eigenvalue weighted by Crippen LogP contribution is -2.45. The molecule has 2 heterocycles. The number of amides is 2. The van der Waals surface area contributed by atoms with Gasteiger partial charge in [-0.15, -0.1) is 0 Å². The van der Waals surface area contributed by atoms with Gasteiger partial charge in [-0.25, -0.2) is 0 Å². The minimum absolute atomic E-state index is 0.00433. The third kappa shape index (κ3) is 4.09. The average Bonchev–Trinajstić information content (AvgIpc) is 2.73. The van der Waals surface area contributed by atoms with E-state index in [-0.39, 0.29) is 17.9 Å². The van der Waals surface area contributed by atoms with Crippen molar-refractivity contribution in [3.05, 3.63) is 65.7 Å². The van der Waals surface area contributed by atoms with Crippen molar-refractivity contribution in [1.82, 2.24) is 4.90 Å². The minimum Gasteiger partial charge on any atom is -0.493 e. The van der Waals surface area contributed by atoms with Gasteiger partial charge in [-0.2, -0.15) is 0 Å². The van der Waals surface area contributed by atoms with E-state index in [2.05, 4.69) is 5.32 Å². The molecule has 28 heavy (non-hydrogen) atoms. The maximum Gasteiger partial charge on any atom is 0.257 e. The Morgan fingerprint density at radius 1 is 1.11 bits per heavy atom. The number of hydrogen-bond donors (Lipinski definition) is 1. The van der Waals surface area contributed by atoms with Gasteiger partial charge in [0.1, 0.15) is 5.75 Å². The molecule has 1 fully saturated rings. The second kappa shape index (κ2) is 8.30. The van der Waals surface area contributed by atoms with E-state index in [0.717, 1.165) is 37.8 Å². The number of fused-ring (bicyclic) bond motifs is 2. The van der Waals surface area contributed by atoms with Crippen LogP contribution in [0.5, 0.6) is 5.75 Å². The van der Waals surface area contributed by atoms with Crippen LogP contribution in [-0.4, -0.2) is 35.9 Å². The van der Waals surface area contributed by atoms with Crippen molar-refractivity contribution in [2.24, 2.45) is 0 Å². The number of piperidine rings is 1. The van der Waals surface area contributed by atoms with E-state index >= 15 is 0 Å². The first-order valence-electron chi connectivity index (χ1n) is 9.82. The van der Waals surface area contributed by atoms with E-state index in [1.54, 1.807) is 24.3 Å². The smallest absolute Gasteiger partial charge is 0.257 e. The first-order valence-corrected chi connectivity index (χ1v) is 9.82. The molecule has 1 saturated heterocycles. The zero-order valence-electron chi connectivity index (χ0n) is 15.8. The highest BCUT2D eigenvalue weighted by Gasteiger charge is 2.31. The molecule has 5 heteroatoms. The fourth-order valence-electron chi connectivity index (χ4n) is 3.85. The molecule has 1 N–H and O–H groups in total. The predicted molar refractivity (Wildman–Crippen MR) is 109 cm³/mol. The van der Waals surface area contributed by atoms with Crippen molar-refractivity contribution in [2.75, 3.05) is 18.5 Å². The molecule has 1 atom stereocenters. The second-order valence-corrected chi connectivity index (χ2v) is 7.23. The number of rotatable bonds is 3. The zero-order valence-corrected chi connectivity index (χ0v) is 15.8. The third-order valence-electron chi connectivity index (χ3n) is 5.30. The van der Waals surface area contributed by atoms with Gasteiger partial charge >= 0.3 is 0 Å². The number of nitrogens with one attached hydrogen (secondary N) is 1. The molecular weight excluding hydrogens is 352 g/mol. The Balaban J connectivity index is 1.52. The molecule has 0 radical (unpaired) electrons. The van der Waals surface area contributed by atoms with Gasteiger partial charge in [-0.1, -0.05) is 30.3 Å². The Morgan fingerprint density at radius 3 is 2.82 bits per heavy atom. The van der Waals surface area contributed by atoms with Crippen LogP contribution in [0.4, 0.5) is 5.69 Å². The maximum absolute atomic E-state index is 13.1. The molecule has 2 aliphatic rings. The van der Waals surface area contributed by atoms with Gasteiger partial charge in [-0.05, 0) is 49.1 Å². The Bertz CT molecular complexity index is 892. The van der Waals surface area contributed by atoms with Gasteiger partial charge in [0.2, 0.25) is 5.91 Å². The molecule has 0 aliphatic carbocycles. The predicted octanol–water partition coefficient (Wildman–Crippen LogP) is 4.12. The van der Waals surface area contributed by atoms with Crippen molar-refractivity contribution in [3.8, 4) is 5.75 Å². The van der Waals surface area contributed by atoms with Gasteiger partial charge in [-0.3, -0.25) is 9.59 Å². The van der Waals surface area contributed by atoms with E-state index in [0.29, 0.717) is 23.6 Å². The maximum atomic E-state index is 13.1. The van der Waals surface area contributed by atoms with Crippen LogP contribution in [0.3, 0.4) is 0 Å². The van der Waals surface area contributed by atoms with Crippen LogP contribution in [-0.2, 0) is 4.79 Å². The number of carbonyl (C=O) groups excluding carboxylic acids is 2. The summed E-state index contributed by atoms with van der Waals surface area (Å²) in [5.74, 6) is 0.348. The van der Waals surface area contributed by atoms with Gasteiger partial charge < -0.3 is 15.0 Å². The van der Waals surface area contributed by atoms with Crippen LogP contribution in [0.2, 0.25) is 0 Å².